The van der Waals surface area contributed by atoms with E-state index in [2.05, 4.69) is 15.0 Å². The van der Waals surface area contributed by atoms with Crippen LogP contribution in [0.15, 0.2) is 41.6 Å². The summed E-state index contributed by atoms with van der Waals surface area (Å²) in [6.07, 6.45) is 6.77. The fraction of sp³-hybridized carbons (Fsp3) is 0.333. The zero-order valence-electron chi connectivity index (χ0n) is 14.0. The number of hydrogen-bond donors (Lipinski definition) is 1. The number of aromatic nitrogens is 4. The molecule has 0 spiro atoms. The van der Waals surface area contributed by atoms with Gasteiger partial charge in [0.05, 0.1) is 0 Å². The predicted molar refractivity (Wildman–Crippen MR) is 92.7 cm³/mol. The molecule has 0 aromatic carbocycles. The van der Waals surface area contributed by atoms with Crippen molar-refractivity contribution >= 4 is 11.6 Å². The van der Waals surface area contributed by atoms with E-state index in [0.717, 1.165) is 24.4 Å². The second kappa shape index (κ2) is 6.16. The van der Waals surface area contributed by atoms with Crippen LogP contribution in [0.1, 0.15) is 40.6 Å². The van der Waals surface area contributed by atoms with E-state index in [9.17, 15) is 9.59 Å². The molecule has 0 radical (unpaired) electrons. The number of carbonyl (C=O) groups excluding carboxylic acids is 1. The molecular weight excluding hydrogens is 318 g/mol. The highest BCUT2D eigenvalue weighted by Crippen LogP contribution is 2.25. The van der Waals surface area contributed by atoms with Crippen molar-refractivity contribution in [3.05, 3.63) is 64.2 Å². The van der Waals surface area contributed by atoms with Gasteiger partial charge in [-0.1, -0.05) is 6.07 Å². The van der Waals surface area contributed by atoms with Crippen molar-refractivity contribution in [1.82, 2.24) is 24.3 Å². The molecule has 1 saturated heterocycles. The van der Waals surface area contributed by atoms with Crippen molar-refractivity contribution in [3.63, 3.8) is 0 Å². The van der Waals surface area contributed by atoms with Crippen molar-refractivity contribution in [1.29, 1.82) is 0 Å². The van der Waals surface area contributed by atoms with Crippen molar-refractivity contribution in [3.8, 4) is 0 Å². The maximum absolute atomic E-state index is 12.9. The summed E-state index contributed by atoms with van der Waals surface area (Å²) in [5, 5.41) is 0. The minimum atomic E-state index is -0.312. The van der Waals surface area contributed by atoms with Crippen molar-refractivity contribution < 1.29 is 4.79 Å². The average molecular weight is 337 g/mol. The summed E-state index contributed by atoms with van der Waals surface area (Å²) >= 11 is 0. The van der Waals surface area contributed by atoms with Crippen LogP contribution >= 0.6 is 0 Å². The lowest BCUT2D eigenvalue weighted by Gasteiger charge is -2.31. The number of nitrogens with zero attached hydrogens (tertiary/aromatic N) is 4. The maximum Gasteiger partial charge on any atom is 0.270 e. The number of H-pyrrole nitrogens is 1. The number of hydrogen-bond acceptors (Lipinski definition) is 4. The monoisotopic (exact) mass is 337 g/mol. The third-order valence-electron chi connectivity index (χ3n) is 4.77. The van der Waals surface area contributed by atoms with E-state index in [-0.39, 0.29) is 22.9 Å². The number of carbonyl (C=O) groups is 1. The molecule has 1 aliphatic heterocycles. The summed E-state index contributed by atoms with van der Waals surface area (Å²) in [5.41, 5.74) is 1.12. The average Bonchev–Trinajstić information content (AvgIpc) is 3.16. The SMILES string of the molecule is Cc1cccc2ncc(C(=O)N3CCC[C@@H](c4ncc[nH]4)C3)c(=O)n12. The van der Waals surface area contributed by atoms with Gasteiger partial charge in [-0.3, -0.25) is 14.0 Å². The van der Waals surface area contributed by atoms with Crippen LogP contribution in [0.5, 0.6) is 0 Å². The van der Waals surface area contributed by atoms with E-state index in [1.807, 2.05) is 19.1 Å². The van der Waals surface area contributed by atoms with Gasteiger partial charge in [0.1, 0.15) is 17.0 Å². The molecule has 128 valence electrons. The number of rotatable bonds is 2. The standard InChI is InChI=1S/C18H19N5O2/c1-12-4-2-6-15-21-10-14(18(25)23(12)15)17(24)22-9-3-5-13(11-22)16-19-7-8-20-16/h2,4,6-8,10,13H,3,5,9,11H2,1H3,(H,19,20)/t13-/m1/s1. The first-order valence-corrected chi connectivity index (χ1v) is 8.41. The molecule has 0 saturated carbocycles. The third-order valence-corrected chi connectivity index (χ3v) is 4.77. The molecule has 7 heteroatoms. The summed E-state index contributed by atoms with van der Waals surface area (Å²) < 4.78 is 1.49. The minimum Gasteiger partial charge on any atom is -0.348 e. The number of imidazole rings is 1. The number of aromatic amines is 1. The summed E-state index contributed by atoms with van der Waals surface area (Å²) in [4.78, 5) is 39.2. The molecule has 7 nitrogen and oxygen atoms in total. The summed E-state index contributed by atoms with van der Waals surface area (Å²) in [5.74, 6) is 0.804. The number of nitrogens with one attached hydrogen (secondary N) is 1. The highest BCUT2D eigenvalue weighted by atomic mass is 16.2. The second-order valence-electron chi connectivity index (χ2n) is 6.40. The predicted octanol–water partition coefficient (Wildman–Crippen LogP) is 1.75. The molecule has 0 aliphatic carbocycles. The Bertz CT molecular complexity index is 977. The molecule has 1 fully saturated rings. The first-order chi connectivity index (χ1) is 12.1. The van der Waals surface area contributed by atoms with Crippen LogP contribution < -0.4 is 5.56 Å². The first kappa shape index (κ1) is 15.6. The molecule has 4 heterocycles. The number of piperidine rings is 1. The van der Waals surface area contributed by atoms with Gasteiger partial charge in [0.2, 0.25) is 0 Å². The third kappa shape index (κ3) is 2.71. The van der Waals surface area contributed by atoms with Gasteiger partial charge in [-0.15, -0.1) is 0 Å². The zero-order chi connectivity index (χ0) is 17.4. The number of amides is 1. The Kier molecular flexibility index (Phi) is 3.83. The Hall–Kier alpha value is -2.96. The van der Waals surface area contributed by atoms with Crippen LogP contribution in [0.25, 0.3) is 5.65 Å². The summed E-state index contributed by atoms with van der Waals surface area (Å²) in [7, 11) is 0. The summed E-state index contributed by atoms with van der Waals surface area (Å²) in [6, 6.07) is 5.44. The van der Waals surface area contributed by atoms with Gasteiger partial charge < -0.3 is 9.88 Å². The van der Waals surface area contributed by atoms with Crippen LogP contribution in [0.2, 0.25) is 0 Å². The molecule has 1 amide bonds. The largest absolute Gasteiger partial charge is 0.348 e. The zero-order valence-corrected chi connectivity index (χ0v) is 14.0. The van der Waals surface area contributed by atoms with Crippen molar-refractivity contribution in [2.45, 2.75) is 25.7 Å². The summed E-state index contributed by atoms with van der Waals surface area (Å²) in [6.45, 7) is 3.03. The van der Waals surface area contributed by atoms with Crippen LogP contribution in [0.4, 0.5) is 0 Å². The number of aryl methyl sites for hydroxylation is 1. The van der Waals surface area contributed by atoms with E-state index in [4.69, 9.17) is 0 Å². The van der Waals surface area contributed by atoms with Gasteiger partial charge in [-0.25, -0.2) is 9.97 Å². The van der Waals surface area contributed by atoms with Crippen LogP contribution in [-0.4, -0.2) is 43.2 Å². The van der Waals surface area contributed by atoms with Gasteiger partial charge in [0, 0.05) is 43.3 Å². The van der Waals surface area contributed by atoms with Crippen LogP contribution in [0.3, 0.4) is 0 Å². The lowest BCUT2D eigenvalue weighted by molar-refractivity contribution is 0.0702. The van der Waals surface area contributed by atoms with E-state index in [1.54, 1.807) is 23.4 Å². The molecule has 3 aromatic rings. The Balaban J connectivity index is 1.67. The van der Waals surface area contributed by atoms with Crippen molar-refractivity contribution in [2.24, 2.45) is 0 Å². The van der Waals surface area contributed by atoms with E-state index < -0.39 is 0 Å². The van der Waals surface area contributed by atoms with Crippen molar-refractivity contribution in [2.75, 3.05) is 13.1 Å². The molecule has 1 atom stereocenters. The Labute approximate surface area is 144 Å². The first-order valence-electron chi connectivity index (χ1n) is 8.41. The molecule has 1 N–H and O–H groups in total. The number of likely N-dealkylation sites (tertiary alicyclic amines) is 1. The normalized spacial score (nSPS) is 17.8. The molecular formula is C18H19N5O2. The van der Waals surface area contributed by atoms with E-state index in [0.29, 0.717) is 18.7 Å². The van der Waals surface area contributed by atoms with Gasteiger partial charge >= 0.3 is 0 Å². The molecule has 0 unspecified atom stereocenters. The molecule has 3 aromatic heterocycles. The Morgan fingerprint density at radius 2 is 2.20 bits per heavy atom. The smallest absolute Gasteiger partial charge is 0.270 e. The molecule has 1 aliphatic rings. The minimum absolute atomic E-state index is 0.117. The highest BCUT2D eigenvalue weighted by Gasteiger charge is 2.28. The lowest BCUT2D eigenvalue weighted by Crippen LogP contribution is -2.42. The Morgan fingerprint density at radius 3 is 3.00 bits per heavy atom. The van der Waals surface area contributed by atoms with Gasteiger partial charge in [-0.05, 0) is 31.9 Å². The highest BCUT2D eigenvalue weighted by molar-refractivity contribution is 5.93. The quantitative estimate of drug-likeness (QED) is 0.772. The number of pyridine rings is 1. The second-order valence-corrected chi connectivity index (χ2v) is 6.40. The molecule has 4 rings (SSSR count). The van der Waals surface area contributed by atoms with Gasteiger partial charge in [0.15, 0.2) is 0 Å². The fourth-order valence-corrected chi connectivity index (χ4v) is 3.48. The maximum atomic E-state index is 12.9. The fourth-order valence-electron chi connectivity index (χ4n) is 3.48. The van der Waals surface area contributed by atoms with Crippen LogP contribution in [-0.2, 0) is 0 Å². The van der Waals surface area contributed by atoms with Gasteiger partial charge in [0.25, 0.3) is 11.5 Å². The Morgan fingerprint density at radius 1 is 1.32 bits per heavy atom. The van der Waals surface area contributed by atoms with Gasteiger partial charge in [-0.2, -0.15) is 0 Å². The lowest BCUT2D eigenvalue weighted by atomic mass is 9.97. The van der Waals surface area contributed by atoms with E-state index >= 15 is 0 Å². The number of fused-ring (bicyclic) bond motifs is 1. The molecule has 25 heavy (non-hydrogen) atoms. The topological polar surface area (TPSA) is 83.4 Å². The molecule has 0 bridgehead atoms. The van der Waals surface area contributed by atoms with E-state index in [1.165, 1.54) is 10.6 Å². The van der Waals surface area contributed by atoms with Crippen LogP contribution in [0, 0.1) is 6.92 Å².